The zero-order valence-corrected chi connectivity index (χ0v) is 13.5. The van der Waals surface area contributed by atoms with Crippen molar-refractivity contribution in [1.29, 1.82) is 0 Å². The number of hydrogen-bond donors (Lipinski definition) is 2. The summed E-state index contributed by atoms with van der Waals surface area (Å²) in [6, 6.07) is 5.31. The molecule has 114 valence electrons. The molecule has 0 aliphatic rings. The maximum Gasteiger partial charge on any atom is 0.240 e. The first-order chi connectivity index (χ1) is 9.51. The van der Waals surface area contributed by atoms with Gasteiger partial charge in [0, 0.05) is 13.1 Å². The summed E-state index contributed by atoms with van der Waals surface area (Å²) in [5.74, 6) is 0. The Hall–Kier alpha value is -0.910. The second kappa shape index (κ2) is 8.39. The fraction of sp³-hybridized carbons (Fsp3) is 0.600. The topological polar surface area (TPSA) is 58.2 Å². The van der Waals surface area contributed by atoms with Gasteiger partial charge in [0.1, 0.15) is 0 Å². The van der Waals surface area contributed by atoms with Crippen LogP contribution in [0.2, 0.25) is 0 Å². The highest BCUT2D eigenvalue weighted by molar-refractivity contribution is 7.89. The van der Waals surface area contributed by atoms with Crippen molar-refractivity contribution in [2.24, 2.45) is 0 Å². The van der Waals surface area contributed by atoms with Gasteiger partial charge in [0.05, 0.1) is 4.90 Å². The van der Waals surface area contributed by atoms with Gasteiger partial charge < -0.3 is 5.32 Å². The molecule has 0 saturated carbocycles. The number of aryl methyl sites for hydroxylation is 1. The number of sulfonamides is 1. The van der Waals surface area contributed by atoms with Gasteiger partial charge in [0.15, 0.2) is 0 Å². The second-order valence-electron chi connectivity index (χ2n) is 4.97. The summed E-state index contributed by atoms with van der Waals surface area (Å²) in [6.07, 6.45) is 3.01. The molecule has 1 aromatic carbocycles. The number of nitrogens with one attached hydrogen (secondary N) is 2. The summed E-state index contributed by atoms with van der Waals surface area (Å²) in [5.41, 5.74) is 2.14. The van der Waals surface area contributed by atoms with Crippen LogP contribution in [0.4, 0.5) is 0 Å². The van der Waals surface area contributed by atoms with Crippen LogP contribution in [0.15, 0.2) is 23.1 Å². The van der Waals surface area contributed by atoms with E-state index in [1.807, 2.05) is 19.9 Å². The third-order valence-electron chi connectivity index (χ3n) is 3.27. The molecule has 20 heavy (non-hydrogen) atoms. The van der Waals surface area contributed by atoms with E-state index in [1.165, 1.54) is 0 Å². The molecule has 4 nitrogen and oxygen atoms in total. The van der Waals surface area contributed by atoms with E-state index in [0.29, 0.717) is 18.0 Å². The van der Waals surface area contributed by atoms with Gasteiger partial charge in [0.2, 0.25) is 10.0 Å². The minimum Gasteiger partial charge on any atom is -0.313 e. The van der Waals surface area contributed by atoms with E-state index in [4.69, 9.17) is 0 Å². The standard InChI is InChI=1S/C15H26N2O2S/c1-4-6-7-10-17-20(18,19)15-9-8-13(3)14(11-15)12-16-5-2/h8-9,11,16-17H,4-7,10,12H2,1-3H3. The largest absolute Gasteiger partial charge is 0.313 e. The molecular weight excluding hydrogens is 272 g/mol. The highest BCUT2D eigenvalue weighted by atomic mass is 32.2. The first-order valence-corrected chi connectivity index (χ1v) is 8.79. The summed E-state index contributed by atoms with van der Waals surface area (Å²) in [5, 5.41) is 3.23. The minimum atomic E-state index is -3.38. The quantitative estimate of drug-likeness (QED) is 0.689. The molecule has 0 amide bonds. The van der Waals surface area contributed by atoms with Crippen LogP contribution >= 0.6 is 0 Å². The molecule has 0 heterocycles. The van der Waals surface area contributed by atoms with Gasteiger partial charge in [-0.1, -0.05) is 32.8 Å². The smallest absolute Gasteiger partial charge is 0.240 e. The monoisotopic (exact) mass is 298 g/mol. The predicted molar refractivity (Wildman–Crippen MR) is 83.3 cm³/mol. The lowest BCUT2D eigenvalue weighted by atomic mass is 10.1. The molecule has 0 saturated heterocycles. The van der Waals surface area contributed by atoms with Crippen molar-refractivity contribution in [2.75, 3.05) is 13.1 Å². The molecule has 0 atom stereocenters. The lowest BCUT2D eigenvalue weighted by Crippen LogP contribution is -2.25. The first kappa shape index (κ1) is 17.1. The predicted octanol–water partition coefficient (Wildman–Crippen LogP) is 2.57. The summed E-state index contributed by atoms with van der Waals surface area (Å²) in [4.78, 5) is 0.354. The van der Waals surface area contributed by atoms with Gasteiger partial charge in [-0.2, -0.15) is 0 Å². The molecule has 0 aliphatic carbocycles. The fourth-order valence-electron chi connectivity index (χ4n) is 1.93. The summed E-state index contributed by atoms with van der Waals surface area (Å²) in [6.45, 7) is 8.20. The lowest BCUT2D eigenvalue weighted by Gasteiger charge is -2.11. The Kier molecular flexibility index (Phi) is 7.19. The van der Waals surface area contributed by atoms with Crippen molar-refractivity contribution < 1.29 is 8.42 Å². The van der Waals surface area contributed by atoms with Crippen LogP contribution < -0.4 is 10.0 Å². The normalized spacial score (nSPS) is 11.8. The van der Waals surface area contributed by atoms with E-state index in [0.717, 1.165) is 36.9 Å². The lowest BCUT2D eigenvalue weighted by molar-refractivity contribution is 0.575. The number of rotatable bonds is 9. The van der Waals surface area contributed by atoms with Gasteiger partial charge in [-0.3, -0.25) is 0 Å². The molecule has 0 radical (unpaired) electrons. The SMILES string of the molecule is CCCCCNS(=O)(=O)c1ccc(C)c(CNCC)c1. The molecule has 1 aromatic rings. The Balaban J connectivity index is 2.78. The van der Waals surface area contributed by atoms with Crippen LogP contribution in [-0.2, 0) is 16.6 Å². The number of benzene rings is 1. The van der Waals surface area contributed by atoms with Crippen LogP contribution in [0.5, 0.6) is 0 Å². The average Bonchev–Trinajstić information content (AvgIpc) is 2.42. The molecule has 1 rings (SSSR count). The summed E-state index contributed by atoms with van der Waals surface area (Å²) >= 11 is 0. The van der Waals surface area contributed by atoms with E-state index >= 15 is 0 Å². The summed E-state index contributed by atoms with van der Waals surface area (Å²) in [7, 11) is -3.38. The van der Waals surface area contributed by atoms with Gasteiger partial charge in [-0.25, -0.2) is 13.1 Å². The minimum absolute atomic E-state index is 0.354. The number of unbranched alkanes of at least 4 members (excludes halogenated alkanes) is 2. The van der Waals surface area contributed by atoms with Gasteiger partial charge in [-0.15, -0.1) is 0 Å². The molecule has 0 unspecified atom stereocenters. The van der Waals surface area contributed by atoms with Crippen LogP contribution in [-0.4, -0.2) is 21.5 Å². The zero-order valence-electron chi connectivity index (χ0n) is 12.7. The van der Waals surface area contributed by atoms with Crippen LogP contribution in [0.25, 0.3) is 0 Å². The van der Waals surface area contributed by atoms with Crippen molar-refractivity contribution in [3.63, 3.8) is 0 Å². The Morgan fingerprint density at radius 2 is 1.90 bits per heavy atom. The van der Waals surface area contributed by atoms with Gasteiger partial charge in [-0.05, 0) is 43.1 Å². The Morgan fingerprint density at radius 1 is 1.15 bits per heavy atom. The second-order valence-corrected chi connectivity index (χ2v) is 6.74. The molecule has 0 spiro atoms. The molecular formula is C15H26N2O2S. The fourth-order valence-corrected chi connectivity index (χ4v) is 3.05. The van der Waals surface area contributed by atoms with Gasteiger partial charge in [0.25, 0.3) is 0 Å². The van der Waals surface area contributed by atoms with Crippen molar-refractivity contribution in [3.05, 3.63) is 29.3 Å². The van der Waals surface area contributed by atoms with Gasteiger partial charge >= 0.3 is 0 Å². The van der Waals surface area contributed by atoms with E-state index in [2.05, 4.69) is 17.0 Å². The van der Waals surface area contributed by atoms with Crippen molar-refractivity contribution >= 4 is 10.0 Å². The Morgan fingerprint density at radius 3 is 2.55 bits per heavy atom. The number of hydrogen-bond acceptors (Lipinski definition) is 3. The highest BCUT2D eigenvalue weighted by Crippen LogP contribution is 2.15. The maximum atomic E-state index is 12.2. The molecule has 0 bridgehead atoms. The third-order valence-corrected chi connectivity index (χ3v) is 4.73. The Bertz CT molecular complexity index is 513. The molecule has 2 N–H and O–H groups in total. The van der Waals surface area contributed by atoms with Crippen LogP contribution in [0, 0.1) is 6.92 Å². The highest BCUT2D eigenvalue weighted by Gasteiger charge is 2.14. The first-order valence-electron chi connectivity index (χ1n) is 7.31. The molecule has 0 aromatic heterocycles. The zero-order chi connectivity index (χ0) is 15.0. The van der Waals surface area contributed by atoms with Crippen molar-refractivity contribution in [3.8, 4) is 0 Å². The van der Waals surface area contributed by atoms with E-state index < -0.39 is 10.0 Å². The van der Waals surface area contributed by atoms with E-state index in [-0.39, 0.29) is 0 Å². The van der Waals surface area contributed by atoms with E-state index in [9.17, 15) is 8.42 Å². The molecule has 5 heteroatoms. The Labute approximate surface area is 123 Å². The molecule has 0 fully saturated rings. The van der Waals surface area contributed by atoms with Crippen LogP contribution in [0.3, 0.4) is 0 Å². The van der Waals surface area contributed by atoms with Crippen molar-refractivity contribution in [2.45, 2.75) is 51.5 Å². The summed E-state index contributed by atoms with van der Waals surface area (Å²) < 4.78 is 27.1. The van der Waals surface area contributed by atoms with E-state index in [1.54, 1.807) is 12.1 Å². The third kappa shape index (κ3) is 5.23. The van der Waals surface area contributed by atoms with Crippen LogP contribution in [0.1, 0.15) is 44.2 Å². The maximum absolute atomic E-state index is 12.2. The average molecular weight is 298 g/mol. The van der Waals surface area contributed by atoms with Crippen molar-refractivity contribution in [1.82, 2.24) is 10.0 Å². The molecule has 0 aliphatic heterocycles.